The summed E-state index contributed by atoms with van der Waals surface area (Å²) in [5, 5.41) is 10.5. The molecule has 2 aromatic rings. The molecule has 0 unspecified atom stereocenters. The van der Waals surface area contributed by atoms with Gasteiger partial charge in [0.1, 0.15) is 5.75 Å². The Hall–Kier alpha value is -1.42. The highest BCUT2D eigenvalue weighted by atomic mass is 32.1. The van der Waals surface area contributed by atoms with Crippen molar-refractivity contribution >= 4 is 27.1 Å². The summed E-state index contributed by atoms with van der Waals surface area (Å²) >= 11 is 1.31. The average molecular weight is 195 g/mol. The van der Waals surface area contributed by atoms with Crippen LogP contribution in [-0.4, -0.2) is 12.2 Å². The minimum absolute atomic E-state index is 0.294. The molecule has 0 amide bonds. The van der Waals surface area contributed by atoms with Gasteiger partial charge in [0.25, 0.3) is 0 Å². The van der Waals surface area contributed by atoms with Gasteiger partial charge in [-0.1, -0.05) is 11.3 Å². The lowest BCUT2D eigenvalue weighted by molar-refractivity contribution is 0.417. The van der Waals surface area contributed by atoms with E-state index in [0.29, 0.717) is 16.5 Å². The lowest BCUT2D eigenvalue weighted by atomic mass is 10.2. The number of rotatable bonds is 1. The molecule has 0 spiro atoms. The van der Waals surface area contributed by atoms with Crippen molar-refractivity contribution in [1.29, 1.82) is 0 Å². The number of aromatic hydroxyl groups is 1. The topological polar surface area (TPSA) is 55.5 Å². The van der Waals surface area contributed by atoms with Crippen LogP contribution in [0.25, 0.3) is 10.1 Å². The fraction of sp³-hybridized carbons (Fsp3) is 0.111. The Bertz CT molecular complexity index is 450. The standard InChI is InChI=1S/C9H9NO2S/c1-12-7-4-8-5(2-6(7)10)3-9(11)13-8/h2-4,11H,10H2,1H3. The number of thiophene rings is 1. The molecule has 3 nitrogen and oxygen atoms in total. The van der Waals surface area contributed by atoms with Crippen LogP contribution in [-0.2, 0) is 0 Å². The van der Waals surface area contributed by atoms with Crippen LogP contribution < -0.4 is 10.5 Å². The van der Waals surface area contributed by atoms with E-state index >= 15 is 0 Å². The van der Waals surface area contributed by atoms with Crippen LogP contribution in [0.2, 0.25) is 0 Å². The van der Waals surface area contributed by atoms with Crippen molar-refractivity contribution in [2.24, 2.45) is 0 Å². The van der Waals surface area contributed by atoms with Gasteiger partial charge >= 0.3 is 0 Å². The first kappa shape index (κ1) is 8.19. The lowest BCUT2D eigenvalue weighted by Gasteiger charge is -2.02. The zero-order chi connectivity index (χ0) is 9.42. The van der Waals surface area contributed by atoms with E-state index in [0.717, 1.165) is 10.1 Å². The fourth-order valence-electron chi connectivity index (χ4n) is 1.25. The summed E-state index contributed by atoms with van der Waals surface area (Å²) in [5.74, 6) is 0.648. The van der Waals surface area contributed by atoms with Crippen LogP contribution in [0, 0.1) is 0 Å². The number of hydrogen-bond acceptors (Lipinski definition) is 4. The molecule has 0 saturated carbocycles. The highest BCUT2D eigenvalue weighted by Crippen LogP contribution is 2.36. The molecule has 0 bridgehead atoms. The quantitative estimate of drug-likeness (QED) is 0.686. The van der Waals surface area contributed by atoms with E-state index in [1.54, 1.807) is 19.2 Å². The molecule has 13 heavy (non-hydrogen) atoms. The number of fused-ring (bicyclic) bond motifs is 1. The van der Waals surface area contributed by atoms with Gasteiger partial charge in [-0.15, -0.1) is 0 Å². The summed E-state index contributed by atoms with van der Waals surface area (Å²) in [7, 11) is 1.57. The zero-order valence-electron chi connectivity index (χ0n) is 7.07. The van der Waals surface area contributed by atoms with Gasteiger partial charge in [0, 0.05) is 10.8 Å². The van der Waals surface area contributed by atoms with E-state index < -0.39 is 0 Å². The maximum atomic E-state index is 9.25. The second-order valence-electron chi connectivity index (χ2n) is 2.72. The van der Waals surface area contributed by atoms with Gasteiger partial charge < -0.3 is 15.6 Å². The minimum atomic E-state index is 0.294. The van der Waals surface area contributed by atoms with Crippen molar-refractivity contribution in [3.8, 4) is 10.8 Å². The van der Waals surface area contributed by atoms with Gasteiger partial charge in [0.15, 0.2) is 5.06 Å². The van der Waals surface area contributed by atoms with Crippen LogP contribution in [0.4, 0.5) is 5.69 Å². The first-order valence-electron chi connectivity index (χ1n) is 3.76. The molecule has 0 aliphatic rings. The molecule has 2 rings (SSSR count). The Morgan fingerprint density at radius 2 is 2.15 bits per heavy atom. The second-order valence-corrected chi connectivity index (χ2v) is 3.78. The Morgan fingerprint density at radius 3 is 2.85 bits per heavy atom. The Kier molecular flexibility index (Phi) is 1.77. The SMILES string of the molecule is COc1cc2sc(O)cc2cc1N. The van der Waals surface area contributed by atoms with E-state index in [4.69, 9.17) is 10.5 Å². The van der Waals surface area contributed by atoms with Crippen molar-refractivity contribution in [2.75, 3.05) is 12.8 Å². The Balaban J connectivity index is 2.72. The normalized spacial score (nSPS) is 10.5. The Labute approximate surface area is 79.4 Å². The van der Waals surface area contributed by atoms with E-state index in [1.165, 1.54) is 11.3 Å². The maximum absolute atomic E-state index is 9.25. The molecule has 0 aliphatic carbocycles. The van der Waals surface area contributed by atoms with Crippen LogP contribution in [0.3, 0.4) is 0 Å². The molecule has 0 radical (unpaired) electrons. The van der Waals surface area contributed by atoms with Crippen molar-refractivity contribution in [3.63, 3.8) is 0 Å². The summed E-state index contributed by atoms with van der Waals surface area (Å²) in [6.45, 7) is 0. The monoisotopic (exact) mass is 195 g/mol. The fourth-order valence-corrected chi connectivity index (χ4v) is 2.06. The summed E-state index contributed by atoms with van der Waals surface area (Å²) in [5.41, 5.74) is 6.29. The summed E-state index contributed by atoms with van der Waals surface area (Å²) in [6.07, 6.45) is 0. The van der Waals surface area contributed by atoms with Crippen LogP contribution >= 0.6 is 11.3 Å². The maximum Gasteiger partial charge on any atom is 0.172 e. The van der Waals surface area contributed by atoms with Crippen molar-refractivity contribution < 1.29 is 9.84 Å². The summed E-state index contributed by atoms with van der Waals surface area (Å²) in [6, 6.07) is 5.31. The third-order valence-electron chi connectivity index (χ3n) is 1.86. The van der Waals surface area contributed by atoms with Gasteiger partial charge in [0.2, 0.25) is 0 Å². The van der Waals surface area contributed by atoms with Gasteiger partial charge in [0.05, 0.1) is 12.8 Å². The number of ether oxygens (including phenoxy) is 1. The third kappa shape index (κ3) is 1.29. The number of methoxy groups -OCH3 is 1. The Morgan fingerprint density at radius 1 is 1.38 bits per heavy atom. The van der Waals surface area contributed by atoms with Crippen molar-refractivity contribution in [1.82, 2.24) is 0 Å². The highest BCUT2D eigenvalue weighted by molar-refractivity contribution is 7.20. The number of benzene rings is 1. The van der Waals surface area contributed by atoms with Gasteiger partial charge in [-0.2, -0.15) is 0 Å². The molecule has 68 valence electrons. The molecule has 1 aromatic heterocycles. The first-order valence-corrected chi connectivity index (χ1v) is 4.58. The summed E-state index contributed by atoms with van der Waals surface area (Å²) < 4.78 is 6.04. The van der Waals surface area contributed by atoms with Crippen molar-refractivity contribution in [3.05, 3.63) is 18.2 Å². The van der Waals surface area contributed by atoms with Crippen LogP contribution in [0.1, 0.15) is 0 Å². The first-order chi connectivity index (χ1) is 6.20. The van der Waals surface area contributed by atoms with Crippen LogP contribution in [0.5, 0.6) is 10.8 Å². The van der Waals surface area contributed by atoms with Crippen molar-refractivity contribution in [2.45, 2.75) is 0 Å². The molecular formula is C9H9NO2S. The van der Waals surface area contributed by atoms with Gasteiger partial charge in [-0.05, 0) is 17.5 Å². The number of nitrogens with two attached hydrogens (primary N) is 1. The van der Waals surface area contributed by atoms with E-state index in [-0.39, 0.29) is 0 Å². The smallest absolute Gasteiger partial charge is 0.172 e. The number of hydrogen-bond donors (Lipinski definition) is 2. The second kappa shape index (κ2) is 2.81. The largest absolute Gasteiger partial charge is 0.499 e. The molecule has 0 aliphatic heterocycles. The molecule has 0 atom stereocenters. The molecule has 1 heterocycles. The molecule has 3 N–H and O–H groups in total. The molecule has 4 heteroatoms. The summed E-state index contributed by atoms with van der Waals surface area (Å²) in [4.78, 5) is 0. The van der Waals surface area contributed by atoms with E-state index in [1.807, 2.05) is 6.07 Å². The number of anilines is 1. The van der Waals surface area contributed by atoms with Gasteiger partial charge in [-0.3, -0.25) is 0 Å². The molecule has 1 aromatic carbocycles. The zero-order valence-corrected chi connectivity index (χ0v) is 7.89. The minimum Gasteiger partial charge on any atom is -0.499 e. The number of nitrogen functional groups attached to an aromatic ring is 1. The highest BCUT2D eigenvalue weighted by Gasteiger charge is 2.05. The van der Waals surface area contributed by atoms with E-state index in [9.17, 15) is 5.11 Å². The predicted molar refractivity (Wildman–Crippen MR) is 54.5 cm³/mol. The third-order valence-corrected chi connectivity index (χ3v) is 2.76. The molecular weight excluding hydrogens is 186 g/mol. The van der Waals surface area contributed by atoms with E-state index in [2.05, 4.69) is 0 Å². The van der Waals surface area contributed by atoms with Gasteiger partial charge in [-0.25, -0.2) is 0 Å². The molecule has 0 fully saturated rings. The van der Waals surface area contributed by atoms with Crippen LogP contribution in [0.15, 0.2) is 18.2 Å². The predicted octanol–water partition coefficient (Wildman–Crippen LogP) is 2.20. The lowest BCUT2D eigenvalue weighted by Crippen LogP contribution is -1.90. The average Bonchev–Trinajstić information content (AvgIpc) is 2.42. The molecule has 0 saturated heterocycles.